The molecule has 1 saturated heterocycles. The molecule has 0 spiro atoms. The van der Waals surface area contributed by atoms with E-state index in [4.69, 9.17) is 10.5 Å². The minimum atomic E-state index is -3.41. The summed E-state index contributed by atoms with van der Waals surface area (Å²) in [4.78, 5) is 11.2. The summed E-state index contributed by atoms with van der Waals surface area (Å²) >= 11 is 0. The number of rotatable bonds is 5. The number of sulfonamides is 1. The fraction of sp³-hybridized carbons (Fsp3) is 0.909. The second kappa shape index (κ2) is 6.49. The molecule has 0 aromatic heterocycles. The molecule has 7 heteroatoms. The Bertz CT molecular complexity index is 373. The molecule has 1 rings (SSSR count). The highest BCUT2D eigenvalue weighted by molar-refractivity contribution is 7.89. The van der Waals surface area contributed by atoms with Crippen LogP contribution in [0.5, 0.6) is 0 Å². The van der Waals surface area contributed by atoms with Gasteiger partial charge in [-0.2, -0.15) is 0 Å². The van der Waals surface area contributed by atoms with Gasteiger partial charge in [0, 0.05) is 19.1 Å². The van der Waals surface area contributed by atoms with E-state index in [0.29, 0.717) is 13.1 Å². The van der Waals surface area contributed by atoms with Gasteiger partial charge in [0.25, 0.3) is 0 Å². The Morgan fingerprint density at radius 2 is 2.11 bits per heavy atom. The standard InChI is InChI=1S/C11H22N2O4S/c1-3-17-11(14)4-5-18(15,16)13-7-9(2)6-10(12)8-13/h9-10H,3-8,12H2,1-2H3. The van der Waals surface area contributed by atoms with Gasteiger partial charge < -0.3 is 10.5 Å². The quantitative estimate of drug-likeness (QED) is 0.711. The topological polar surface area (TPSA) is 89.7 Å². The molecular formula is C11H22N2O4S. The summed E-state index contributed by atoms with van der Waals surface area (Å²) in [5, 5.41) is 0. The zero-order chi connectivity index (χ0) is 13.8. The third-order valence-electron chi connectivity index (χ3n) is 2.92. The molecule has 0 saturated carbocycles. The third kappa shape index (κ3) is 4.55. The molecule has 2 unspecified atom stereocenters. The van der Waals surface area contributed by atoms with Crippen molar-refractivity contribution >= 4 is 16.0 Å². The summed E-state index contributed by atoms with van der Waals surface area (Å²) in [5.74, 6) is -0.424. The highest BCUT2D eigenvalue weighted by Gasteiger charge is 2.30. The van der Waals surface area contributed by atoms with Crippen molar-refractivity contribution in [1.29, 1.82) is 0 Å². The Labute approximate surface area is 109 Å². The van der Waals surface area contributed by atoms with Crippen LogP contribution < -0.4 is 5.73 Å². The number of hydrogen-bond acceptors (Lipinski definition) is 5. The van der Waals surface area contributed by atoms with Gasteiger partial charge in [-0.25, -0.2) is 12.7 Å². The molecule has 0 aliphatic carbocycles. The maximum atomic E-state index is 12.0. The summed E-state index contributed by atoms with van der Waals surface area (Å²) in [7, 11) is -3.41. The summed E-state index contributed by atoms with van der Waals surface area (Å²) in [5.41, 5.74) is 5.82. The smallest absolute Gasteiger partial charge is 0.306 e. The van der Waals surface area contributed by atoms with Crippen LogP contribution >= 0.6 is 0 Å². The largest absolute Gasteiger partial charge is 0.466 e. The SMILES string of the molecule is CCOC(=O)CCS(=O)(=O)N1CC(C)CC(N)C1. The van der Waals surface area contributed by atoms with Gasteiger partial charge in [0.15, 0.2) is 0 Å². The predicted molar refractivity (Wildman–Crippen MR) is 68.4 cm³/mol. The summed E-state index contributed by atoms with van der Waals surface area (Å²) in [6, 6.07) is -0.119. The predicted octanol–water partition coefficient (Wildman–Crippen LogP) is -0.0615. The van der Waals surface area contributed by atoms with Crippen molar-refractivity contribution in [2.45, 2.75) is 32.7 Å². The van der Waals surface area contributed by atoms with Crippen LogP contribution in [-0.2, 0) is 19.6 Å². The zero-order valence-corrected chi connectivity index (χ0v) is 11.8. The molecule has 2 N–H and O–H groups in total. The number of hydrogen-bond donors (Lipinski definition) is 1. The van der Waals surface area contributed by atoms with E-state index < -0.39 is 16.0 Å². The van der Waals surface area contributed by atoms with E-state index in [1.807, 2.05) is 6.92 Å². The second-order valence-corrected chi connectivity index (χ2v) is 6.88. The van der Waals surface area contributed by atoms with Gasteiger partial charge in [-0.3, -0.25) is 4.79 Å². The van der Waals surface area contributed by atoms with Gasteiger partial charge >= 0.3 is 5.97 Å². The first kappa shape index (κ1) is 15.4. The van der Waals surface area contributed by atoms with Crippen molar-refractivity contribution in [1.82, 2.24) is 4.31 Å². The molecule has 0 radical (unpaired) electrons. The van der Waals surface area contributed by atoms with Gasteiger partial charge in [0.1, 0.15) is 0 Å². The number of esters is 1. The average Bonchev–Trinajstić information content (AvgIpc) is 2.26. The van der Waals surface area contributed by atoms with Crippen molar-refractivity contribution in [2.24, 2.45) is 11.7 Å². The third-order valence-corrected chi connectivity index (χ3v) is 4.73. The molecule has 1 aliphatic rings. The monoisotopic (exact) mass is 278 g/mol. The lowest BCUT2D eigenvalue weighted by Gasteiger charge is -2.33. The Morgan fingerprint density at radius 1 is 1.44 bits per heavy atom. The van der Waals surface area contributed by atoms with Gasteiger partial charge in [-0.05, 0) is 19.3 Å². The van der Waals surface area contributed by atoms with Gasteiger partial charge in [-0.1, -0.05) is 6.92 Å². The average molecular weight is 278 g/mol. The second-order valence-electron chi connectivity index (χ2n) is 4.79. The zero-order valence-electron chi connectivity index (χ0n) is 11.0. The van der Waals surface area contributed by atoms with E-state index in [0.717, 1.165) is 6.42 Å². The molecule has 0 amide bonds. The summed E-state index contributed by atoms with van der Waals surface area (Å²) in [6.45, 7) is 4.77. The minimum absolute atomic E-state index is 0.101. The van der Waals surface area contributed by atoms with E-state index >= 15 is 0 Å². The molecule has 0 aromatic carbocycles. The molecule has 1 heterocycles. The number of carbonyl (C=O) groups is 1. The van der Waals surface area contributed by atoms with Crippen LogP contribution in [0.1, 0.15) is 26.7 Å². The Kier molecular flexibility index (Phi) is 5.55. The first-order chi connectivity index (χ1) is 8.35. The van der Waals surface area contributed by atoms with E-state index in [1.165, 1.54) is 4.31 Å². The van der Waals surface area contributed by atoms with E-state index in [9.17, 15) is 13.2 Å². The number of nitrogens with two attached hydrogens (primary N) is 1. The van der Waals surface area contributed by atoms with Crippen LogP contribution in [0.3, 0.4) is 0 Å². The van der Waals surface area contributed by atoms with Crippen molar-refractivity contribution in [3.63, 3.8) is 0 Å². The lowest BCUT2D eigenvalue weighted by atomic mass is 9.99. The molecule has 0 aromatic rings. The van der Waals surface area contributed by atoms with E-state index in [-0.39, 0.29) is 30.7 Å². The van der Waals surface area contributed by atoms with E-state index in [2.05, 4.69) is 0 Å². The van der Waals surface area contributed by atoms with Crippen LogP contribution in [0.15, 0.2) is 0 Å². The van der Waals surface area contributed by atoms with Crippen LogP contribution in [0.2, 0.25) is 0 Å². The molecule has 18 heavy (non-hydrogen) atoms. The fourth-order valence-electron chi connectivity index (χ4n) is 2.15. The highest BCUT2D eigenvalue weighted by atomic mass is 32.2. The first-order valence-corrected chi connectivity index (χ1v) is 7.85. The van der Waals surface area contributed by atoms with Crippen LogP contribution in [0.25, 0.3) is 0 Å². The number of carbonyl (C=O) groups excluding carboxylic acids is 1. The Hall–Kier alpha value is -0.660. The first-order valence-electron chi connectivity index (χ1n) is 6.24. The lowest BCUT2D eigenvalue weighted by molar-refractivity contribution is -0.142. The van der Waals surface area contributed by atoms with Crippen LogP contribution in [-0.4, -0.2) is 50.2 Å². The normalized spacial score (nSPS) is 25.9. The number of piperidine rings is 1. The fourth-order valence-corrected chi connectivity index (χ4v) is 3.73. The minimum Gasteiger partial charge on any atom is -0.466 e. The maximum absolute atomic E-state index is 12.0. The van der Waals surface area contributed by atoms with Gasteiger partial charge in [0.2, 0.25) is 10.0 Å². The van der Waals surface area contributed by atoms with Gasteiger partial charge in [0.05, 0.1) is 18.8 Å². The summed E-state index contributed by atoms with van der Waals surface area (Å²) in [6.07, 6.45) is 0.736. The molecule has 106 valence electrons. The molecule has 1 aliphatic heterocycles. The van der Waals surface area contributed by atoms with Crippen molar-refractivity contribution < 1.29 is 17.9 Å². The molecule has 6 nitrogen and oxygen atoms in total. The maximum Gasteiger partial charge on any atom is 0.306 e. The molecular weight excluding hydrogens is 256 g/mol. The molecule has 2 atom stereocenters. The van der Waals surface area contributed by atoms with E-state index in [1.54, 1.807) is 6.92 Å². The van der Waals surface area contributed by atoms with Gasteiger partial charge in [-0.15, -0.1) is 0 Å². The molecule has 0 bridgehead atoms. The highest BCUT2D eigenvalue weighted by Crippen LogP contribution is 2.18. The van der Waals surface area contributed by atoms with Crippen molar-refractivity contribution in [2.75, 3.05) is 25.4 Å². The van der Waals surface area contributed by atoms with Crippen LogP contribution in [0, 0.1) is 5.92 Å². The number of ether oxygens (including phenoxy) is 1. The Balaban J connectivity index is 2.55. The van der Waals surface area contributed by atoms with Crippen molar-refractivity contribution in [3.05, 3.63) is 0 Å². The summed E-state index contributed by atoms with van der Waals surface area (Å²) < 4.78 is 30.2. The lowest BCUT2D eigenvalue weighted by Crippen LogP contribution is -2.49. The number of nitrogens with zero attached hydrogens (tertiary/aromatic N) is 1. The van der Waals surface area contributed by atoms with Crippen molar-refractivity contribution in [3.8, 4) is 0 Å². The molecule has 1 fully saturated rings. The van der Waals surface area contributed by atoms with Crippen LogP contribution in [0.4, 0.5) is 0 Å². The Morgan fingerprint density at radius 3 is 2.67 bits per heavy atom.